The van der Waals surface area contributed by atoms with Gasteiger partial charge in [-0.25, -0.2) is 0 Å². The highest BCUT2D eigenvalue weighted by Gasteiger charge is 2.07. The second-order valence-corrected chi connectivity index (χ2v) is 4.65. The van der Waals surface area contributed by atoms with Crippen molar-refractivity contribution in [3.8, 4) is 0 Å². The highest BCUT2D eigenvalue weighted by molar-refractivity contribution is 9.09. The summed E-state index contributed by atoms with van der Waals surface area (Å²) < 4.78 is 5.07. The van der Waals surface area contributed by atoms with Crippen LogP contribution in [0.25, 0.3) is 0 Å². The molecule has 0 saturated carbocycles. The molecule has 0 aliphatic carbocycles. The minimum absolute atomic E-state index is 0.638. The van der Waals surface area contributed by atoms with E-state index in [0.29, 0.717) is 6.04 Å². The quantitative estimate of drug-likeness (QED) is 0.470. The van der Waals surface area contributed by atoms with Crippen LogP contribution in [0.5, 0.6) is 0 Å². The van der Waals surface area contributed by atoms with E-state index in [1.165, 1.54) is 25.8 Å². The Balaban J connectivity index is 3.36. The van der Waals surface area contributed by atoms with Crippen molar-refractivity contribution in [1.82, 2.24) is 4.90 Å². The topological polar surface area (TPSA) is 12.5 Å². The van der Waals surface area contributed by atoms with Gasteiger partial charge in [0.1, 0.15) is 0 Å². The van der Waals surface area contributed by atoms with Crippen LogP contribution >= 0.6 is 15.9 Å². The number of unbranched alkanes of at least 4 members (excludes halogenated alkanes) is 2. The molecule has 0 saturated heterocycles. The van der Waals surface area contributed by atoms with Gasteiger partial charge in [0.05, 0.1) is 0 Å². The summed E-state index contributed by atoms with van der Waals surface area (Å²) in [6.07, 6.45) is 5.05. The number of rotatable bonds is 9. The van der Waals surface area contributed by atoms with Crippen LogP contribution in [0.2, 0.25) is 0 Å². The second kappa shape index (κ2) is 9.94. The van der Waals surface area contributed by atoms with E-state index in [-0.39, 0.29) is 0 Å². The molecule has 1 unspecified atom stereocenters. The maximum absolute atomic E-state index is 5.07. The lowest BCUT2D eigenvalue weighted by Gasteiger charge is -2.24. The zero-order chi connectivity index (χ0) is 10.8. The van der Waals surface area contributed by atoms with Gasteiger partial charge in [0.2, 0.25) is 0 Å². The molecule has 0 aliphatic rings. The molecule has 0 aromatic carbocycles. The summed E-state index contributed by atoms with van der Waals surface area (Å²) in [7, 11) is 3.97. The van der Waals surface area contributed by atoms with Crippen molar-refractivity contribution in [2.45, 2.75) is 38.6 Å². The summed E-state index contributed by atoms with van der Waals surface area (Å²) in [6, 6.07) is 0.638. The van der Waals surface area contributed by atoms with Crippen molar-refractivity contribution >= 4 is 15.9 Å². The summed E-state index contributed by atoms with van der Waals surface area (Å²) in [5, 5.41) is 1.13. The van der Waals surface area contributed by atoms with Crippen LogP contribution in [-0.4, -0.2) is 43.6 Å². The minimum Gasteiger partial charge on any atom is -0.385 e. The van der Waals surface area contributed by atoms with Gasteiger partial charge in [-0.3, -0.25) is 0 Å². The Labute approximate surface area is 97.1 Å². The summed E-state index contributed by atoms with van der Waals surface area (Å²) in [5.74, 6) is 0. The average molecular weight is 266 g/mol. The van der Waals surface area contributed by atoms with Crippen molar-refractivity contribution in [3.05, 3.63) is 0 Å². The number of halogens is 1. The van der Waals surface area contributed by atoms with Crippen LogP contribution < -0.4 is 0 Å². The molecule has 0 aliphatic heterocycles. The number of methoxy groups -OCH3 is 1. The van der Waals surface area contributed by atoms with Crippen LogP contribution in [0.4, 0.5) is 0 Å². The summed E-state index contributed by atoms with van der Waals surface area (Å²) >= 11 is 3.45. The monoisotopic (exact) mass is 265 g/mol. The maximum atomic E-state index is 5.07. The fourth-order valence-corrected chi connectivity index (χ4v) is 1.76. The molecular weight excluding hydrogens is 242 g/mol. The van der Waals surface area contributed by atoms with Crippen LogP contribution in [0.3, 0.4) is 0 Å². The molecule has 14 heavy (non-hydrogen) atoms. The van der Waals surface area contributed by atoms with Gasteiger partial charge in [-0.2, -0.15) is 0 Å². The molecule has 0 heterocycles. The highest BCUT2D eigenvalue weighted by atomic mass is 79.9. The van der Waals surface area contributed by atoms with E-state index in [1.807, 2.05) is 0 Å². The van der Waals surface area contributed by atoms with E-state index in [1.54, 1.807) is 7.11 Å². The van der Waals surface area contributed by atoms with Gasteiger partial charge in [-0.05, 0) is 39.8 Å². The van der Waals surface area contributed by atoms with Gasteiger partial charge in [-0.15, -0.1) is 0 Å². The molecule has 0 amide bonds. The molecule has 0 rings (SSSR count). The molecule has 1 atom stereocenters. The smallest absolute Gasteiger partial charge is 0.0477 e. The fourth-order valence-electron chi connectivity index (χ4n) is 1.36. The first-order valence-corrected chi connectivity index (χ1v) is 6.59. The van der Waals surface area contributed by atoms with Crippen LogP contribution in [0, 0.1) is 0 Å². The Bertz CT molecular complexity index is 122. The Morgan fingerprint density at radius 2 is 2.00 bits per heavy atom. The zero-order valence-corrected chi connectivity index (χ0v) is 11.3. The molecule has 3 heteroatoms. The molecule has 0 fully saturated rings. The van der Waals surface area contributed by atoms with Gasteiger partial charge in [0, 0.05) is 25.1 Å². The lowest BCUT2D eigenvalue weighted by molar-refractivity contribution is 0.152. The Morgan fingerprint density at radius 3 is 2.57 bits per heavy atom. The van der Waals surface area contributed by atoms with E-state index < -0.39 is 0 Å². The van der Waals surface area contributed by atoms with E-state index in [9.17, 15) is 0 Å². The van der Waals surface area contributed by atoms with E-state index in [2.05, 4.69) is 34.8 Å². The molecule has 0 bridgehead atoms. The summed E-state index contributed by atoms with van der Waals surface area (Å²) in [5.41, 5.74) is 0. The average Bonchev–Trinajstić information content (AvgIpc) is 2.20. The fraction of sp³-hybridized carbons (Fsp3) is 1.00. The third-order valence-electron chi connectivity index (χ3n) is 2.64. The van der Waals surface area contributed by atoms with E-state index in [4.69, 9.17) is 4.74 Å². The van der Waals surface area contributed by atoms with Crippen molar-refractivity contribution in [2.24, 2.45) is 0 Å². The predicted molar refractivity (Wildman–Crippen MR) is 66.2 cm³/mol. The third-order valence-corrected chi connectivity index (χ3v) is 3.20. The van der Waals surface area contributed by atoms with Crippen LogP contribution in [-0.2, 0) is 4.74 Å². The third kappa shape index (κ3) is 7.77. The highest BCUT2D eigenvalue weighted by Crippen LogP contribution is 2.05. The number of hydrogen-bond acceptors (Lipinski definition) is 2. The standard InChI is InChI=1S/C11H24BrNO/c1-11(7-10-14-3)13(2)9-6-4-5-8-12/h11H,4-10H2,1-3H3. The largest absolute Gasteiger partial charge is 0.385 e. The Morgan fingerprint density at radius 1 is 1.29 bits per heavy atom. The predicted octanol–water partition coefficient (Wildman–Crippen LogP) is 2.91. The number of hydrogen-bond donors (Lipinski definition) is 0. The first kappa shape index (κ1) is 14.4. The van der Waals surface area contributed by atoms with Crippen molar-refractivity contribution < 1.29 is 4.74 Å². The first-order chi connectivity index (χ1) is 6.72. The normalized spacial score (nSPS) is 13.5. The number of ether oxygens (including phenoxy) is 1. The lowest BCUT2D eigenvalue weighted by Crippen LogP contribution is -2.30. The minimum atomic E-state index is 0.638. The number of alkyl halides is 1. The van der Waals surface area contributed by atoms with Gasteiger partial charge >= 0.3 is 0 Å². The molecule has 0 aromatic heterocycles. The lowest BCUT2D eigenvalue weighted by atomic mass is 10.2. The molecular formula is C11H24BrNO. The number of nitrogens with zero attached hydrogens (tertiary/aromatic N) is 1. The van der Waals surface area contributed by atoms with Gasteiger partial charge in [0.25, 0.3) is 0 Å². The van der Waals surface area contributed by atoms with Gasteiger partial charge in [0.15, 0.2) is 0 Å². The van der Waals surface area contributed by atoms with Crippen LogP contribution in [0.15, 0.2) is 0 Å². The van der Waals surface area contributed by atoms with E-state index >= 15 is 0 Å². The first-order valence-electron chi connectivity index (χ1n) is 5.47. The summed E-state index contributed by atoms with van der Waals surface area (Å²) in [4.78, 5) is 2.42. The molecule has 0 radical (unpaired) electrons. The summed E-state index contributed by atoms with van der Waals surface area (Å²) in [6.45, 7) is 4.34. The van der Waals surface area contributed by atoms with Crippen molar-refractivity contribution in [2.75, 3.05) is 32.6 Å². The maximum Gasteiger partial charge on any atom is 0.0477 e. The van der Waals surface area contributed by atoms with E-state index in [0.717, 1.165) is 18.4 Å². The van der Waals surface area contributed by atoms with Crippen LogP contribution in [0.1, 0.15) is 32.6 Å². The van der Waals surface area contributed by atoms with Gasteiger partial charge < -0.3 is 9.64 Å². The molecule has 0 spiro atoms. The Hall–Kier alpha value is 0.400. The second-order valence-electron chi connectivity index (χ2n) is 3.86. The van der Waals surface area contributed by atoms with Crippen molar-refractivity contribution in [1.29, 1.82) is 0 Å². The van der Waals surface area contributed by atoms with Gasteiger partial charge in [-0.1, -0.05) is 22.4 Å². The van der Waals surface area contributed by atoms with Crippen molar-refractivity contribution in [3.63, 3.8) is 0 Å². The molecule has 86 valence electrons. The molecule has 0 N–H and O–H groups in total. The Kier molecular flexibility index (Phi) is 10.2. The zero-order valence-electron chi connectivity index (χ0n) is 9.76. The molecule has 2 nitrogen and oxygen atoms in total. The molecule has 0 aromatic rings. The SMILES string of the molecule is COCCC(C)N(C)CCCCCBr.